The second-order valence-electron chi connectivity index (χ2n) is 1.93. The van der Waals surface area contributed by atoms with Crippen LogP contribution in [0, 0.1) is 0 Å². The molecular weight excluding hydrogens is 111 g/mol. The predicted molar refractivity (Wildman–Crippen MR) is 26.1 cm³/mol. The predicted octanol–water partition coefficient (Wildman–Crippen LogP) is 0.453. The van der Waals surface area contributed by atoms with Gasteiger partial charge in [0.05, 0.1) is 6.61 Å². The van der Waals surface area contributed by atoms with Crippen molar-refractivity contribution in [3.63, 3.8) is 0 Å². The van der Waals surface area contributed by atoms with Crippen molar-refractivity contribution in [1.29, 1.82) is 0 Å². The standard InChI is InChI=1S/C5H9FO2/c6-5-4(7)2-1-3-8-5/h4-5,7H,1-3H2. The normalized spacial score (nSPS) is 39.8. The van der Waals surface area contributed by atoms with Crippen LogP contribution in [0.15, 0.2) is 0 Å². The highest BCUT2D eigenvalue weighted by molar-refractivity contribution is 4.63. The minimum atomic E-state index is -1.44. The van der Waals surface area contributed by atoms with Crippen LogP contribution >= 0.6 is 0 Å². The van der Waals surface area contributed by atoms with E-state index in [1.807, 2.05) is 0 Å². The third-order valence-electron chi connectivity index (χ3n) is 1.22. The van der Waals surface area contributed by atoms with Crippen molar-refractivity contribution >= 4 is 0 Å². The maximum Gasteiger partial charge on any atom is 0.225 e. The summed E-state index contributed by atoms with van der Waals surface area (Å²) in [6.07, 6.45) is -1.03. The van der Waals surface area contributed by atoms with E-state index in [0.29, 0.717) is 13.0 Å². The van der Waals surface area contributed by atoms with E-state index in [4.69, 9.17) is 5.11 Å². The van der Waals surface area contributed by atoms with Crippen LogP contribution in [0.4, 0.5) is 4.39 Å². The van der Waals surface area contributed by atoms with Gasteiger partial charge in [-0.2, -0.15) is 0 Å². The van der Waals surface area contributed by atoms with Gasteiger partial charge < -0.3 is 9.84 Å². The minimum Gasteiger partial charge on any atom is -0.388 e. The smallest absolute Gasteiger partial charge is 0.225 e. The molecule has 1 saturated heterocycles. The number of alkyl halides is 1. The van der Waals surface area contributed by atoms with Crippen molar-refractivity contribution in [1.82, 2.24) is 0 Å². The lowest BCUT2D eigenvalue weighted by Crippen LogP contribution is -2.29. The first kappa shape index (κ1) is 5.98. The van der Waals surface area contributed by atoms with Gasteiger partial charge in [0.15, 0.2) is 0 Å². The van der Waals surface area contributed by atoms with Crippen molar-refractivity contribution in [2.45, 2.75) is 25.3 Å². The van der Waals surface area contributed by atoms with Gasteiger partial charge in [-0.15, -0.1) is 0 Å². The Kier molecular flexibility index (Phi) is 1.81. The number of ether oxygens (including phenoxy) is 1. The Balaban J connectivity index is 2.28. The molecule has 3 heteroatoms. The van der Waals surface area contributed by atoms with Crippen molar-refractivity contribution in [2.75, 3.05) is 6.61 Å². The summed E-state index contributed by atoms with van der Waals surface area (Å²) in [5, 5.41) is 8.68. The average Bonchev–Trinajstić information content (AvgIpc) is 1.77. The zero-order valence-electron chi connectivity index (χ0n) is 4.51. The van der Waals surface area contributed by atoms with Gasteiger partial charge >= 0.3 is 0 Å². The molecule has 0 saturated carbocycles. The number of aliphatic hydroxyl groups is 1. The van der Waals surface area contributed by atoms with Crippen LogP contribution in [-0.4, -0.2) is 24.2 Å². The summed E-state index contributed by atoms with van der Waals surface area (Å²) in [6, 6.07) is 0. The Bertz CT molecular complexity index is 66.8. The fourth-order valence-corrected chi connectivity index (χ4v) is 0.730. The summed E-state index contributed by atoms with van der Waals surface area (Å²) >= 11 is 0. The highest BCUT2D eigenvalue weighted by atomic mass is 19.1. The van der Waals surface area contributed by atoms with Crippen LogP contribution in [0.1, 0.15) is 12.8 Å². The molecule has 1 N–H and O–H groups in total. The van der Waals surface area contributed by atoms with Gasteiger partial charge in [-0.25, -0.2) is 4.39 Å². The number of hydrogen-bond donors (Lipinski definition) is 1. The van der Waals surface area contributed by atoms with E-state index in [9.17, 15) is 4.39 Å². The molecule has 0 aliphatic carbocycles. The van der Waals surface area contributed by atoms with E-state index < -0.39 is 12.5 Å². The Morgan fingerprint density at radius 1 is 1.62 bits per heavy atom. The zero-order chi connectivity index (χ0) is 5.98. The molecule has 0 aromatic carbocycles. The highest BCUT2D eigenvalue weighted by Gasteiger charge is 2.22. The molecule has 48 valence electrons. The first-order valence-corrected chi connectivity index (χ1v) is 2.74. The molecule has 0 aromatic rings. The topological polar surface area (TPSA) is 29.5 Å². The van der Waals surface area contributed by atoms with Crippen molar-refractivity contribution in [3.05, 3.63) is 0 Å². The van der Waals surface area contributed by atoms with Crippen molar-refractivity contribution < 1.29 is 14.2 Å². The third kappa shape index (κ3) is 1.17. The molecular formula is C5H9FO2. The summed E-state index contributed by atoms with van der Waals surface area (Å²) in [5.41, 5.74) is 0. The van der Waals surface area contributed by atoms with E-state index in [-0.39, 0.29) is 0 Å². The summed E-state index contributed by atoms with van der Waals surface area (Å²) in [5.74, 6) is 0. The van der Waals surface area contributed by atoms with E-state index in [2.05, 4.69) is 4.74 Å². The van der Waals surface area contributed by atoms with Gasteiger partial charge in [-0.05, 0) is 12.8 Å². The van der Waals surface area contributed by atoms with Crippen LogP contribution in [-0.2, 0) is 4.74 Å². The van der Waals surface area contributed by atoms with E-state index in [1.54, 1.807) is 0 Å². The molecule has 1 fully saturated rings. The Morgan fingerprint density at radius 3 is 2.75 bits per heavy atom. The molecule has 2 atom stereocenters. The number of hydrogen-bond acceptors (Lipinski definition) is 2. The molecule has 1 aliphatic rings. The quantitative estimate of drug-likeness (QED) is 0.503. The molecule has 2 unspecified atom stereocenters. The SMILES string of the molecule is OC1CCCOC1F. The van der Waals surface area contributed by atoms with Crippen LogP contribution in [0.5, 0.6) is 0 Å². The molecule has 2 nitrogen and oxygen atoms in total. The average molecular weight is 120 g/mol. The third-order valence-corrected chi connectivity index (χ3v) is 1.22. The molecule has 0 radical (unpaired) electrons. The zero-order valence-corrected chi connectivity index (χ0v) is 4.51. The first-order valence-electron chi connectivity index (χ1n) is 2.74. The van der Waals surface area contributed by atoms with Gasteiger partial charge in [-0.1, -0.05) is 0 Å². The lowest BCUT2D eigenvalue weighted by Gasteiger charge is -2.20. The molecule has 0 bridgehead atoms. The van der Waals surface area contributed by atoms with Crippen molar-refractivity contribution in [2.24, 2.45) is 0 Å². The summed E-state index contributed by atoms with van der Waals surface area (Å²) in [6.45, 7) is 0.443. The maximum atomic E-state index is 12.1. The first-order chi connectivity index (χ1) is 3.80. The van der Waals surface area contributed by atoms with Gasteiger partial charge in [0.2, 0.25) is 6.36 Å². The lowest BCUT2D eigenvalue weighted by atomic mass is 10.2. The molecule has 0 spiro atoms. The second kappa shape index (κ2) is 2.42. The Hall–Kier alpha value is -0.150. The van der Waals surface area contributed by atoms with Crippen LogP contribution < -0.4 is 0 Å². The summed E-state index contributed by atoms with van der Waals surface area (Å²) in [7, 11) is 0. The van der Waals surface area contributed by atoms with Gasteiger partial charge in [-0.3, -0.25) is 0 Å². The molecule has 1 rings (SSSR count). The van der Waals surface area contributed by atoms with E-state index in [1.165, 1.54) is 0 Å². The monoisotopic (exact) mass is 120 g/mol. The lowest BCUT2D eigenvalue weighted by molar-refractivity contribution is -0.141. The van der Waals surface area contributed by atoms with Gasteiger partial charge in [0.1, 0.15) is 6.10 Å². The second-order valence-corrected chi connectivity index (χ2v) is 1.93. The highest BCUT2D eigenvalue weighted by Crippen LogP contribution is 2.13. The fourth-order valence-electron chi connectivity index (χ4n) is 0.730. The minimum absolute atomic E-state index is 0.443. The molecule has 1 aliphatic heterocycles. The van der Waals surface area contributed by atoms with Crippen molar-refractivity contribution in [3.8, 4) is 0 Å². The van der Waals surface area contributed by atoms with Crippen LogP contribution in [0.2, 0.25) is 0 Å². The van der Waals surface area contributed by atoms with Crippen LogP contribution in [0.25, 0.3) is 0 Å². The number of halogens is 1. The Morgan fingerprint density at radius 2 is 2.38 bits per heavy atom. The van der Waals surface area contributed by atoms with Gasteiger partial charge in [0, 0.05) is 0 Å². The fraction of sp³-hybridized carbons (Fsp3) is 1.00. The van der Waals surface area contributed by atoms with E-state index in [0.717, 1.165) is 6.42 Å². The van der Waals surface area contributed by atoms with Gasteiger partial charge in [0.25, 0.3) is 0 Å². The molecule has 8 heavy (non-hydrogen) atoms. The molecule has 0 aromatic heterocycles. The summed E-state index contributed by atoms with van der Waals surface area (Å²) in [4.78, 5) is 0. The van der Waals surface area contributed by atoms with Crippen LogP contribution in [0.3, 0.4) is 0 Å². The largest absolute Gasteiger partial charge is 0.388 e. The molecule has 0 amide bonds. The number of aliphatic hydroxyl groups excluding tert-OH is 1. The molecule has 1 heterocycles. The number of rotatable bonds is 0. The Labute approximate surface area is 47.3 Å². The van der Waals surface area contributed by atoms with E-state index >= 15 is 0 Å². The summed E-state index contributed by atoms with van der Waals surface area (Å²) < 4.78 is 16.6. The maximum absolute atomic E-state index is 12.1.